The number of para-hydroxylation sites is 2. The maximum Gasteiger partial charge on any atom is 0.309 e. The van der Waals surface area contributed by atoms with Gasteiger partial charge in [0.2, 0.25) is 0 Å². The molecule has 4 aromatic rings. The van der Waals surface area contributed by atoms with Crippen LogP contribution in [0.2, 0.25) is 0 Å². The van der Waals surface area contributed by atoms with Crippen molar-refractivity contribution in [2.45, 2.75) is 25.4 Å². The average molecular weight is 516 g/mol. The highest BCUT2D eigenvalue weighted by atomic mass is 32.1. The third kappa shape index (κ3) is 5.87. The topological polar surface area (TPSA) is 80.5 Å². The van der Waals surface area contributed by atoms with E-state index in [1.807, 2.05) is 43.5 Å². The first-order valence-electron chi connectivity index (χ1n) is 12.8. The second kappa shape index (κ2) is 11.6. The molecule has 0 spiro atoms. The first kappa shape index (κ1) is 25.0. The fourth-order valence-electron chi connectivity index (χ4n) is 5.18. The Bertz CT molecular complexity index is 1310. The molecule has 3 heterocycles. The zero-order valence-corrected chi connectivity index (χ0v) is 21.8. The van der Waals surface area contributed by atoms with Crippen molar-refractivity contribution in [1.82, 2.24) is 20.5 Å². The van der Waals surface area contributed by atoms with Crippen molar-refractivity contribution >= 4 is 39.7 Å². The van der Waals surface area contributed by atoms with Gasteiger partial charge in [-0.15, -0.1) is 11.3 Å². The summed E-state index contributed by atoms with van der Waals surface area (Å²) in [4.78, 5) is 34.7. The highest BCUT2D eigenvalue weighted by molar-refractivity contribution is 7.10. The van der Waals surface area contributed by atoms with Gasteiger partial charge in [-0.05, 0) is 48.6 Å². The number of nitrogens with zero attached hydrogens (tertiary/aromatic N) is 2. The van der Waals surface area contributed by atoms with Gasteiger partial charge in [0.05, 0.1) is 6.04 Å². The lowest BCUT2D eigenvalue weighted by molar-refractivity contribution is -0.139. The number of hydrogen-bond acceptors (Lipinski definition) is 5. The highest BCUT2D eigenvalue weighted by Gasteiger charge is 2.31. The van der Waals surface area contributed by atoms with Gasteiger partial charge >= 0.3 is 11.8 Å². The van der Waals surface area contributed by atoms with E-state index in [1.54, 1.807) is 11.3 Å². The average Bonchev–Trinajstić information content (AvgIpc) is 3.60. The molecule has 2 atom stereocenters. The molecular weight excluding hydrogens is 482 g/mol. The van der Waals surface area contributed by atoms with Crippen LogP contribution in [0.3, 0.4) is 0 Å². The lowest BCUT2D eigenvalue weighted by Gasteiger charge is -2.42. The fraction of sp³-hybridized carbons (Fsp3) is 0.310. The van der Waals surface area contributed by atoms with E-state index in [2.05, 4.69) is 67.2 Å². The number of aromatic amines is 1. The Morgan fingerprint density at radius 2 is 1.70 bits per heavy atom. The second-order valence-electron chi connectivity index (χ2n) is 9.45. The number of nitrogens with one attached hydrogen (secondary N) is 3. The maximum absolute atomic E-state index is 12.8. The molecule has 2 aromatic carbocycles. The fourth-order valence-corrected chi connectivity index (χ4v) is 6.14. The molecule has 1 aliphatic heterocycles. The first-order chi connectivity index (χ1) is 18.1. The minimum absolute atomic E-state index is 0.0147. The van der Waals surface area contributed by atoms with Crippen molar-refractivity contribution in [3.05, 3.63) is 88.7 Å². The smallest absolute Gasteiger partial charge is 0.309 e. The number of hydrogen-bond donors (Lipinski definition) is 3. The molecule has 192 valence electrons. The van der Waals surface area contributed by atoms with Crippen LogP contribution in [0.25, 0.3) is 10.9 Å². The third-order valence-corrected chi connectivity index (χ3v) is 8.00. The number of amides is 2. The van der Waals surface area contributed by atoms with Crippen LogP contribution in [0.4, 0.5) is 5.69 Å². The molecular formula is C29H33N5O2S. The monoisotopic (exact) mass is 515 g/mol. The molecule has 1 aliphatic rings. The van der Waals surface area contributed by atoms with Crippen LogP contribution in [0, 0.1) is 0 Å². The van der Waals surface area contributed by atoms with Crippen LogP contribution in [0.15, 0.2) is 78.3 Å². The molecule has 0 radical (unpaired) electrons. The van der Waals surface area contributed by atoms with E-state index < -0.39 is 11.8 Å². The van der Waals surface area contributed by atoms with Gasteiger partial charge in [-0.25, -0.2) is 0 Å². The summed E-state index contributed by atoms with van der Waals surface area (Å²) in [6.45, 7) is 5.99. The third-order valence-electron chi connectivity index (χ3n) is 7.06. The SMILES string of the molecule is C[C@H](NC(=O)C(=O)NCCc1c[nH]c2ccccc12)[C@H](c1cccs1)N1CCN(c2ccccc2)CC1. The summed E-state index contributed by atoms with van der Waals surface area (Å²) in [5.41, 5.74) is 3.43. The second-order valence-corrected chi connectivity index (χ2v) is 10.4. The van der Waals surface area contributed by atoms with Crippen molar-refractivity contribution in [2.24, 2.45) is 0 Å². The molecule has 1 fully saturated rings. The molecule has 5 rings (SSSR count). The Balaban J connectivity index is 1.16. The van der Waals surface area contributed by atoms with Gasteiger partial charge in [-0.1, -0.05) is 42.5 Å². The van der Waals surface area contributed by atoms with Crippen LogP contribution in [-0.2, 0) is 16.0 Å². The van der Waals surface area contributed by atoms with Gasteiger partial charge < -0.3 is 20.5 Å². The maximum atomic E-state index is 12.8. The quantitative estimate of drug-likeness (QED) is 0.311. The van der Waals surface area contributed by atoms with Gasteiger partial charge in [0.25, 0.3) is 0 Å². The summed E-state index contributed by atoms with van der Waals surface area (Å²) in [6.07, 6.45) is 2.62. The van der Waals surface area contributed by atoms with E-state index in [0.717, 1.165) is 42.6 Å². The molecule has 2 aromatic heterocycles. The number of thiophene rings is 1. The molecule has 7 nitrogen and oxygen atoms in total. The minimum atomic E-state index is -0.592. The normalized spacial score (nSPS) is 15.9. The number of fused-ring (bicyclic) bond motifs is 1. The van der Waals surface area contributed by atoms with E-state index in [9.17, 15) is 9.59 Å². The van der Waals surface area contributed by atoms with Crippen LogP contribution in [-0.4, -0.2) is 60.5 Å². The standard InChI is InChI=1S/C29H33N5O2S/c1-21(32-29(36)28(35)30-14-13-22-20-31-25-11-6-5-10-24(22)25)27(26-12-7-19-37-26)34-17-15-33(16-18-34)23-8-3-2-4-9-23/h2-12,19-21,27,31H,13-18H2,1H3,(H,30,35)(H,32,36)/t21-,27+/m0/s1. The summed E-state index contributed by atoms with van der Waals surface area (Å²) in [7, 11) is 0. The van der Waals surface area contributed by atoms with Gasteiger partial charge in [-0.3, -0.25) is 14.5 Å². The van der Waals surface area contributed by atoms with E-state index in [4.69, 9.17) is 0 Å². The largest absolute Gasteiger partial charge is 0.369 e. The molecule has 0 unspecified atom stereocenters. The van der Waals surface area contributed by atoms with Gasteiger partial charge in [0, 0.05) is 66.4 Å². The Morgan fingerprint density at radius 1 is 0.946 bits per heavy atom. The van der Waals surface area contributed by atoms with Gasteiger partial charge in [0.15, 0.2) is 0 Å². The Morgan fingerprint density at radius 3 is 2.46 bits per heavy atom. The highest BCUT2D eigenvalue weighted by Crippen LogP contribution is 2.30. The van der Waals surface area contributed by atoms with E-state index in [0.29, 0.717) is 13.0 Å². The zero-order chi connectivity index (χ0) is 25.6. The molecule has 1 saturated heterocycles. The molecule has 8 heteroatoms. The molecule has 3 N–H and O–H groups in total. The van der Waals surface area contributed by atoms with E-state index in [-0.39, 0.29) is 12.1 Å². The van der Waals surface area contributed by atoms with Crippen molar-refractivity contribution in [2.75, 3.05) is 37.6 Å². The van der Waals surface area contributed by atoms with Gasteiger partial charge in [-0.2, -0.15) is 0 Å². The van der Waals surface area contributed by atoms with E-state index in [1.165, 1.54) is 10.6 Å². The summed E-state index contributed by atoms with van der Waals surface area (Å²) in [5.74, 6) is -1.18. The molecule has 37 heavy (non-hydrogen) atoms. The van der Waals surface area contributed by atoms with Crippen molar-refractivity contribution in [3.8, 4) is 0 Å². The van der Waals surface area contributed by atoms with Crippen molar-refractivity contribution in [1.29, 1.82) is 0 Å². The zero-order valence-electron chi connectivity index (χ0n) is 21.0. The Labute approximate surface area is 221 Å². The van der Waals surface area contributed by atoms with Crippen molar-refractivity contribution < 1.29 is 9.59 Å². The lowest BCUT2D eigenvalue weighted by Crippen LogP contribution is -2.53. The molecule has 2 amide bonds. The van der Waals surface area contributed by atoms with Crippen LogP contribution in [0.5, 0.6) is 0 Å². The Hall–Kier alpha value is -3.62. The number of rotatable bonds is 8. The number of aromatic nitrogens is 1. The number of H-pyrrole nitrogens is 1. The first-order valence-corrected chi connectivity index (χ1v) is 13.7. The number of carbonyl (C=O) groups excluding carboxylic acids is 2. The van der Waals surface area contributed by atoms with Crippen LogP contribution < -0.4 is 15.5 Å². The molecule has 0 aliphatic carbocycles. The van der Waals surface area contributed by atoms with E-state index >= 15 is 0 Å². The Kier molecular flexibility index (Phi) is 7.87. The number of benzene rings is 2. The lowest BCUT2D eigenvalue weighted by atomic mass is 10.0. The predicted molar refractivity (Wildman–Crippen MR) is 150 cm³/mol. The van der Waals surface area contributed by atoms with Crippen molar-refractivity contribution in [3.63, 3.8) is 0 Å². The summed E-state index contributed by atoms with van der Waals surface area (Å²) < 4.78 is 0. The number of piperazine rings is 1. The van der Waals surface area contributed by atoms with Crippen LogP contribution >= 0.6 is 11.3 Å². The number of anilines is 1. The van der Waals surface area contributed by atoms with Gasteiger partial charge in [0.1, 0.15) is 0 Å². The molecule has 0 bridgehead atoms. The predicted octanol–water partition coefficient (Wildman–Crippen LogP) is 3.96. The summed E-state index contributed by atoms with van der Waals surface area (Å²) in [6, 6.07) is 22.5. The number of carbonyl (C=O) groups is 2. The summed E-state index contributed by atoms with van der Waals surface area (Å²) in [5, 5.41) is 8.97. The minimum Gasteiger partial charge on any atom is -0.369 e. The molecule has 0 saturated carbocycles. The van der Waals surface area contributed by atoms with Crippen LogP contribution in [0.1, 0.15) is 23.4 Å². The summed E-state index contributed by atoms with van der Waals surface area (Å²) >= 11 is 1.69.